The van der Waals surface area contributed by atoms with Crippen LogP contribution in [0.3, 0.4) is 0 Å². The summed E-state index contributed by atoms with van der Waals surface area (Å²) < 4.78 is 1.45. The fourth-order valence-electron chi connectivity index (χ4n) is 1.29. The molecule has 1 unspecified atom stereocenters. The molecule has 5 heteroatoms. The van der Waals surface area contributed by atoms with E-state index in [1.807, 2.05) is 6.26 Å². The molecule has 0 aromatic rings. The molecule has 0 spiro atoms. The van der Waals surface area contributed by atoms with E-state index in [0.29, 0.717) is 12.8 Å². The Morgan fingerprint density at radius 2 is 1.77 bits per heavy atom. The zero-order valence-electron chi connectivity index (χ0n) is 7.88. The minimum atomic E-state index is -0.171. The van der Waals surface area contributed by atoms with Gasteiger partial charge in [-0.15, -0.1) is 0 Å². The lowest BCUT2D eigenvalue weighted by atomic mass is 10.4. The highest BCUT2D eigenvalue weighted by Gasteiger charge is 2.39. The molecule has 0 N–H and O–H groups in total. The van der Waals surface area contributed by atoms with Crippen LogP contribution in [0, 0.1) is 0 Å². The smallest absolute Gasteiger partial charge is 0.273 e. The third-order valence-electron chi connectivity index (χ3n) is 1.82. The molecular weight excluding hydrogens is 210 g/mol. The van der Waals surface area contributed by atoms with Crippen molar-refractivity contribution in [3.8, 4) is 0 Å². The third kappa shape index (κ3) is 2.88. The number of nitrogens with zero attached hydrogens (tertiary/aromatic N) is 1. The maximum absolute atomic E-state index is 11.2. The first-order valence-electron chi connectivity index (χ1n) is 4.15. The van der Waals surface area contributed by atoms with Gasteiger partial charge in [0.2, 0.25) is 0 Å². The molecule has 0 aliphatic carbocycles. The number of hydrogen-bond acceptors (Lipinski definition) is 2. The SMILES string of the molecule is CCC[S+](C)N1C(=O)CCC1=O.[Cl-]. The minimum Gasteiger partial charge on any atom is -1.00 e. The Bertz CT molecular complexity index is 194. The Morgan fingerprint density at radius 1 is 1.31 bits per heavy atom. The van der Waals surface area contributed by atoms with Gasteiger partial charge >= 0.3 is 0 Å². The molecule has 76 valence electrons. The van der Waals surface area contributed by atoms with E-state index in [0.717, 1.165) is 12.2 Å². The van der Waals surface area contributed by atoms with Gasteiger partial charge in [0, 0.05) is 12.8 Å². The summed E-state index contributed by atoms with van der Waals surface area (Å²) in [5.41, 5.74) is 0. The largest absolute Gasteiger partial charge is 1.00 e. The molecule has 0 bridgehead atoms. The summed E-state index contributed by atoms with van der Waals surface area (Å²) in [5, 5.41) is 0. The highest BCUT2D eigenvalue weighted by atomic mass is 35.5. The molecular formula is C8H14ClNO2S. The maximum atomic E-state index is 11.2. The van der Waals surface area contributed by atoms with Crippen molar-refractivity contribution in [3.63, 3.8) is 0 Å². The monoisotopic (exact) mass is 223 g/mol. The molecule has 0 aromatic heterocycles. The van der Waals surface area contributed by atoms with Gasteiger partial charge in [-0.05, 0) is 6.42 Å². The predicted molar refractivity (Wildman–Crippen MR) is 49.5 cm³/mol. The van der Waals surface area contributed by atoms with E-state index in [1.165, 1.54) is 4.31 Å². The molecule has 1 fully saturated rings. The van der Waals surface area contributed by atoms with Crippen LogP contribution in [0.25, 0.3) is 0 Å². The first-order valence-corrected chi connectivity index (χ1v) is 5.91. The number of rotatable bonds is 3. The molecule has 2 amide bonds. The first kappa shape index (κ1) is 12.8. The number of amides is 2. The Hall–Kier alpha value is -0.220. The molecule has 1 heterocycles. The standard InChI is InChI=1S/C8H14NO2S.ClH/c1-3-6-12(2)9-7(10)4-5-8(9)11;/h3-6H2,1-2H3;1H/q+1;/p-1. The average Bonchev–Trinajstić information content (AvgIpc) is 2.32. The van der Waals surface area contributed by atoms with Gasteiger partial charge in [-0.2, -0.15) is 0 Å². The maximum Gasteiger partial charge on any atom is 0.273 e. The van der Waals surface area contributed by atoms with Crippen LogP contribution in [0.4, 0.5) is 0 Å². The van der Waals surface area contributed by atoms with E-state index in [4.69, 9.17) is 0 Å². The van der Waals surface area contributed by atoms with Crippen LogP contribution in [0.2, 0.25) is 0 Å². The van der Waals surface area contributed by atoms with Gasteiger partial charge < -0.3 is 12.4 Å². The van der Waals surface area contributed by atoms with Crippen LogP contribution in [0.5, 0.6) is 0 Å². The van der Waals surface area contributed by atoms with E-state index < -0.39 is 0 Å². The predicted octanol–water partition coefficient (Wildman–Crippen LogP) is -2.29. The molecule has 3 nitrogen and oxygen atoms in total. The molecule has 1 aliphatic heterocycles. The number of imide groups is 1. The van der Waals surface area contributed by atoms with Gasteiger partial charge in [0.15, 0.2) is 0 Å². The Kier molecular flexibility index (Phi) is 5.40. The number of carbonyl (C=O) groups is 2. The summed E-state index contributed by atoms with van der Waals surface area (Å²) in [6.45, 7) is 2.06. The van der Waals surface area contributed by atoms with Crippen molar-refractivity contribution in [2.24, 2.45) is 0 Å². The molecule has 1 aliphatic rings. The lowest BCUT2D eigenvalue weighted by Gasteiger charge is -2.10. The minimum absolute atomic E-state index is 0. The Morgan fingerprint density at radius 3 is 2.15 bits per heavy atom. The van der Waals surface area contributed by atoms with Crippen LogP contribution in [0.15, 0.2) is 0 Å². The fraction of sp³-hybridized carbons (Fsp3) is 0.750. The van der Waals surface area contributed by atoms with Gasteiger partial charge in [0.25, 0.3) is 11.8 Å². The second-order valence-electron chi connectivity index (χ2n) is 2.89. The van der Waals surface area contributed by atoms with Crippen molar-refractivity contribution in [3.05, 3.63) is 0 Å². The molecule has 0 aromatic carbocycles. The van der Waals surface area contributed by atoms with Gasteiger partial charge in [-0.1, -0.05) is 11.2 Å². The Labute approximate surface area is 87.8 Å². The van der Waals surface area contributed by atoms with E-state index in [9.17, 15) is 9.59 Å². The van der Waals surface area contributed by atoms with Crippen LogP contribution in [-0.2, 0) is 20.7 Å². The summed E-state index contributed by atoms with van der Waals surface area (Å²) in [4.78, 5) is 22.4. The zero-order valence-corrected chi connectivity index (χ0v) is 9.45. The van der Waals surface area contributed by atoms with Gasteiger partial charge in [-0.3, -0.25) is 9.59 Å². The van der Waals surface area contributed by atoms with E-state index in [1.54, 1.807) is 0 Å². The van der Waals surface area contributed by atoms with Crippen LogP contribution >= 0.6 is 0 Å². The molecule has 13 heavy (non-hydrogen) atoms. The number of carbonyl (C=O) groups excluding carboxylic acids is 2. The molecule has 0 saturated carbocycles. The van der Waals surface area contributed by atoms with Gasteiger partial charge in [0.1, 0.15) is 23.1 Å². The lowest BCUT2D eigenvalue weighted by Crippen LogP contribution is -3.00. The second kappa shape index (κ2) is 5.50. The molecule has 1 rings (SSSR count). The number of hydrogen-bond donors (Lipinski definition) is 0. The van der Waals surface area contributed by atoms with Crippen LogP contribution in [-0.4, -0.2) is 28.1 Å². The van der Waals surface area contributed by atoms with Crippen molar-refractivity contribution < 1.29 is 22.0 Å². The summed E-state index contributed by atoms with van der Waals surface area (Å²) in [5.74, 6) is 0.968. The molecule has 0 radical (unpaired) electrons. The molecule has 1 saturated heterocycles. The van der Waals surface area contributed by atoms with E-state index >= 15 is 0 Å². The normalized spacial score (nSPS) is 18.8. The second-order valence-corrected chi connectivity index (χ2v) is 4.86. The van der Waals surface area contributed by atoms with Crippen LogP contribution < -0.4 is 12.4 Å². The highest BCUT2D eigenvalue weighted by Crippen LogP contribution is 2.17. The summed E-state index contributed by atoms with van der Waals surface area (Å²) >= 11 is -0.171. The van der Waals surface area contributed by atoms with E-state index in [2.05, 4.69) is 6.92 Å². The first-order chi connectivity index (χ1) is 5.66. The van der Waals surface area contributed by atoms with Crippen molar-refractivity contribution in [2.75, 3.05) is 12.0 Å². The highest BCUT2D eigenvalue weighted by molar-refractivity contribution is 7.95. The van der Waals surface area contributed by atoms with Crippen molar-refractivity contribution in [1.82, 2.24) is 4.31 Å². The molecule has 1 atom stereocenters. The Balaban J connectivity index is 0.00000144. The van der Waals surface area contributed by atoms with Crippen molar-refractivity contribution >= 4 is 22.9 Å². The van der Waals surface area contributed by atoms with Crippen molar-refractivity contribution in [2.45, 2.75) is 26.2 Å². The zero-order chi connectivity index (χ0) is 9.14. The fourth-order valence-corrected chi connectivity index (χ4v) is 2.94. The summed E-state index contributed by atoms with van der Waals surface area (Å²) in [6, 6.07) is 0. The number of halogens is 1. The average molecular weight is 224 g/mol. The van der Waals surface area contributed by atoms with Gasteiger partial charge in [-0.25, -0.2) is 0 Å². The topological polar surface area (TPSA) is 37.4 Å². The summed E-state index contributed by atoms with van der Waals surface area (Å²) in [7, 11) is 0. The van der Waals surface area contributed by atoms with Crippen LogP contribution in [0.1, 0.15) is 26.2 Å². The van der Waals surface area contributed by atoms with E-state index in [-0.39, 0.29) is 35.3 Å². The third-order valence-corrected chi connectivity index (χ3v) is 3.85. The summed E-state index contributed by atoms with van der Waals surface area (Å²) in [6.07, 6.45) is 3.82. The van der Waals surface area contributed by atoms with Gasteiger partial charge in [0.05, 0.1) is 0 Å². The quantitative estimate of drug-likeness (QED) is 0.399. The van der Waals surface area contributed by atoms with Crippen molar-refractivity contribution in [1.29, 1.82) is 0 Å². The lowest BCUT2D eigenvalue weighted by molar-refractivity contribution is -0.132.